The largest absolute Gasteiger partial charge is 0.481 e. The van der Waals surface area contributed by atoms with Gasteiger partial charge in [0.2, 0.25) is 0 Å². The Morgan fingerprint density at radius 3 is 2.56 bits per heavy atom. The van der Waals surface area contributed by atoms with E-state index in [0.29, 0.717) is 23.9 Å². The van der Waals surface area contributed by atoms with Gasteiger partial charge >= 0.3 is 0 Å². The van der Waals surface area contributed by atoms with Gasteiger partial charge in [0.25, 0.3) is 5.91 Å². The summed E-state index contributed by atoms with van der Waals surface area (Å²) in [5.41, 5.74) is 0.850. The SMILES string of the molecule is CC(Oc1ccccc1)C(=O)N1CCN(c2nc3c(Cl)cccc3s2)CC1. The molecule has 0 bridgehead atoms. The van der Waals surface area contributed by atoms with Crippen LogP contribution in [-0.2, 0) is 4.79 Å². The molecule has 1 aromatic heterocycles. The molecule has 0 aliphatic carbocycles. The topological polar surface area (TPSA) is 45.7 Å². The first-order valence-corrected chi connectivity index (χ1v) is 10.1. The van der Waals surface area contributed by atoms with Crippen molar-refractivity contribution >= 4 is 44.2 Å². The predicted octanol–water partition coefficient (Wildman–Crippen LogP) is 4.07. The molecule has 4 rings (SSSR count). The van der Waals surface area contributed by atoms with Gasteiger partial charge < -0.3 is 14.5 Å². The number of rotatable bonds is 4. The van der Waals surface area contributed by atoms with Crippen molar-refractivity contribution in [3.05, 3.63) is 53.6 Å². The fourth-order valence-corrected chi connectivity index (χ4v) is 4.48. The van der Waals surface area contributed by atoms with E-state index in [1.54, 1.807) is 18.3 Å². The van der Waals surface area contributed by atoms with Crippen molar-refractivity contribution in [2.24, 2.45) is 0 Å². The summed E-state index contributed by atoms with van der Waals surface area (Å²) in [6.07, 6.45) is -0.500. The molecule has 1 saturated heterocycles. The Morgan fingerprint density at radius 2 is 1.85 bits per heavy atom. The lowest BCUT2D eigenvalue weighted by Gasteiger charge is -2.35. The molecule has 0 N–H and O–H groups in total. The van der Waals surface area contributed by atoms with Crippen molar-refractivity contribution in [2.45, 2.75) is 13.0 Å². The number of hydrogen-bond acceptors (Lipinski definition) is 5. The van der Waals surface area contributed by atoms with Crippen LogP contribution in [0.2, 0.25) is 5.02 Å². The summed E-state index contributed by atoms with van der Waals surface area (Å²) < 4.78 is 6.85. The van der Waals surface area contributed by atoms with Crippen LogP contribution in [0, 0.1) is 0 Å². The van der Waals surface area contributed by atoms with Gasteiger partial charge in [0.15, 0.2) is 11.2 Å². The molecule has 27 heavy (non-hydrogen) atoms. The van der Waals surface area contributed by atoms with Crippen LogP contribution in [0.15, 0.2) is 48.5 Å². The highest BCUT2D eigenvalue weighted by Crippen LogP contribution is 2.33. The highest BCUT2D eigenvalue weighted by atomic mass is 35.5. The second-order valence-corrected chi connectivity index (χ2v) is 7.88. The van der Waals surface area contributed by atoms with Crippen LogP contribution in [0.25, 0.3) is 10.2 Å². The Hall–Kier alpha value is -2.31. The van der Waals surface area contributed by atoms with Gasteiger partial charge in [-0.05, 0) is 31.2 Å². The first-order chi connectivity index (χ1) is 13.1. The fraction of sp³-hybridized carbons (Fsp3) is 0.300. The molecule has 7 heteroatoms. The Bertz CT molecular complexity index is 939. The van der Waals surface area contributed by atoms with Crippen LogP contribution >= 0.6 is 22.9 Å². The molecule has 1 fully saturated rings. The minimum atomic E-state index is -0.500. The summed E-state index contributed by atoms with van der Waals surface area (Å²) in [6, 6.07) is 15.3. The molecule has 1 amide bonds. The molecular formula is C20H20ClN3O2S. The summed E-state index contributed by atoms with van der Waals surface area (Å²) in [4.78, 5) is 21.4. The predicted molar refractivity (Wildman–Crippen MR) is 110 cm³/mol. The number of aromatic nitrogens is 1. The van der Waals surface area contributed by atoms with E-state index < -0.39 is 6.10 Å². The zero-order valence-electron chi connectivity index (χ0n) is 15.0. The van der Waals surface area contributed by atoms with Crippen molar-refractivity contribution in [2.75, 3.05) is 31.1 Å². The second kappa shape index (κ2) is 7.74. The molecule has 1 atom stereocenters. The van der Waals surface area contributed by atoms with Crippen LogP contribution in [0.1, 0.15) is 6.92 Å². The Kier molecular flexibility index (Phi) is 5.18. The van der Waals surface area contributed by atoms with Crippen LogP contribution in [0.4, 0.5) is 5.13 Å². The van der Waals surface area contributed by atoms with Crippen LogP contribution in [0.3, 0.4) is 0 Å². The first kappa shape index (κ1) is 18.1. The lowest BCUT2D eigenvalue weighted by atomic mass is 10.2. The number of thiazole rings is 1. The number of halogens is 1. The average Bonchev–Trinajstić information content (AvgIpc) is 3.14. The number of para-hydroxylation sites is 2. The Morgan fingerprint density at radius 1 is 1.11 bits per heavy atom. The minimum absolute atomic E-state index is 0.0193. The number of hydrogen-bond donors (Lipinski definition) is 0. The van der Waals surface area contributed by atoms with Crippen molar-refractivity contribution < 1.29 is 9.53 Å². The highest BCUT2D eigenvalue weighted by molar-refractivity contribution is 7.22. The van der Waals surface area contributed by atoms with Gasteiger partial charge in [-0.2, -0.15) is 0 Å². The van der Waals surface area contributed by atoms with E-state index in [1.165, 1.54) is 0 Å². The fourth-order valence-electron chi connectivity index (χ4n) is 3.17. The van der Waals surface area contributed by atoms with Crippen molar-refractivity contribution in [3.8, 4) is 5.75 Å². The number of carbonyl (C=O) groups is 1. The Labute approximate surface area is 167 Å². The van der Waals surface area contributed by atoms with Crippen molar-refractivity contribution in [1.29, 1.82) is 0 Å². The number of piperazine rings is 1. The molecule has 3 aromatic rings. The van der Waals surface area contributed by atoms with E-state index in [-0.39, 0.29) is 5.91 Å². The maximum absolute atomic E-state index is 12.7. The number of amides is 1. The maximum Gasteiger partial charge on any atom is 0.263 e. The summed E-state index contributed by atoms with van der Waals surface area (Å²) in [5.74, 6) is 0.731. The third-order valence-electron chi connectivity index (χ3n) is 4.62. The van der Waals surface area contributed by atoms with Gasteiger partial charge in [0.1, 0.15) is 11.3 Å². The van der Waals surface area contributed by atoms with E-state index in [4.69, 9.17) is 16.3 Å². The van der Waals surface area contributed by atoms with E-state index >= 15 is 0 Å². The van der Waals surface area contributed by atoms with Crippen molar-refractivity contribution in [3.63, 3.8) is 0 Å². The van der Waals surface area contributed by atoms with Gasteiger partial charge in [0, 0.05) is 26.2 Å². The second-order valence-electron chi connectivity index (χ2n) is 6.47. The molecular weight excluding hydrogens is 382 g/mol. The number of carbonyl (C=O) groups excluding carboxylic acids is 1. The third kappa shape index (κ3) is 3.87. The molecule has 1 aliphatic heterocycles. The molecule has 0 radical (unpaired) electrons. The average molecular weight is 402 g/mol. The van der Waals surface area contributed by atoms with Gasteiger partial charge in [-0.25, -0.2) is 4.98 Å². The normalized spacial score (nSPS) is 15.8. The molecule has 0 spiro atoms. The van der Waals surface area contributed by atoms with E-state index in [9.17, 15) is 4.79 Å². The molecule has 0 saturated carbocycles. The lowest BCUT2D eigenvalue weighted by Crippen LogP contribution is -2.52. The molecule has 1 unspecified atom stereocenters. The van der Waals surface area contributed by atoms with Crippen molar-refractivity contribution in [1.82, 2.24) is 9.88 Å². The maximum atomic E-state index is 12.7. The molecule has 140 valence electrons. The zero-order chi connectivity index (χ0) is 18.8. The smallest absolute Gasteiger partial charge is 0.263 e. The number of nitrogens with zero attached hydrogens (tertiary/aromatic N) is 3. The standard InChI is InChI=1S/C20H20ClN3O2S/c1-14(26-15-6-3-2-4-7-15)19(25)23-10-12-24(13-11-23)20-22-18-16(21)8-5-9-17(18)27-20/h2-9,14H,10-13H2,1H3. The van der Waals surface area contributed by atoms with Gasteiger partial charge in [-0.1, -0.05) is 47.2 Å². The van der Waals surface area contributed by atoms with Crippen LogP contribution < -0.4 is 9.64 Å². The zero-order valence-corrected chi connectivity index (χ0v) is 16.5. The van der Waals surface area contributed by atoms with Gasteiger partial charge in [-0.15, -0.1) is 0 Å². The van der Waals surface area contributed by atoms with E-state index in [0.717, 1.165) is 28.4 Å². The quantitative estimate of drug-likeness (QED) is 0.661. The van der Waals surface area contributed by atoms with Crippen LogP contribution in [-0.4, -0.2) is 48.1 Å². The number of fused-ring (bicyclic) bond motifs is 1. The minimum Gasteiger partial charge on any atom is -0.481 e. The molecule has 2 heterocycles. The summed E-state index contributed by atoms with van der Waals surface area (Å²) in [5, 5.41) is 1.63. The monoisotopic (exact) mass is 401 g/mol. The van der Waals surface area contributed by atoms with Crippen LogP contribution in [0.5, 0.6) is 5.75 Å². The van der Waals surface area contributed by atoms with E-state index in [1.807, 2.05) is 53.4 Å². The third-order valence-corrected chi connectivity index (χ3v) is 6.01. The first-order valence-electron chi connectivity index (χ1n) is 8.92. The molecule has 2 aromatic carbocycles. The lowest BCUT2D eigenvalue weighted by molar-refractivity contribution is -0.138. The highest BCUT2D eigenvalue weighted by Gasteiger charge is 2.27. The summed E-state index contributed by atoms with van der Waals surface area (Å²) in [6.45, 7) is 4.62. The van der Waals surface area contributed by atoms with Gasteiger partial charge in [-0.3, -0.25) is 4.79 Å². The summed E-state index contributed by atoms with van der Waals surface area (Å²) in [7, 11) is 0. The molecule has 1 aliphatic rings. The molecule has 5 nitrogen and oxygen atoms in total. The van der Waals surface area contributed by atoms with E-state index in [2.05, 4.69) is 9.88 Å². The Balaban J connectivity index is 1.37. The van der Waals surface area contributed by atoms with Gasteiger partial charge in [0.05, 0.1) is 9.72 Å². The summed E-state index contributed by atoms with van der Waals surface area (Å²) >= 11 is 7.87. The number of benzene rings is 2. The number of ether oxygens (including phenoxy) is 1. The number of anilines is 1.